The summed E-state index contributed by atoms with van der Waals surface area (Å²) in [5.41, 5.74) is 5.74. The van der Waals surface area contributed by atoms with Gasteiger partial charge in [-0.15, -0.1) is 0 Å². The molecule has 6 atom stereocenters. The zero-order valence-corrected chi connectivity index (χ0v) is 44.6. The van der Waals surface area contributed by atoms with Gasteiger partial charge in [-0.1, -0.05) is 51.1 Å². The normalized spacial score (nSPS) is 13.3. The summed E-state index contributed by atoms with van der Waals surface area (Å²) >= 11 is 0. The topological polar surface area (TPSA) is 404 Å². The molecule has 1 heterocycles. The second-order valence-corrected chi connectivity index (χ2v) is 19.6. The highest BCUT2D eigenvalue weighted by Gasteiger charge is 2.39. The van der Waals surface area contributed by atoms with Crippen LogP contribution in [0.5, 0.6) is 0 Å². The molecule has 3 rings (SSSR count). The second-order valence-electron chi connectivity index (χ2n) is 19.6. The Labute approximate surface area is 457 Å². The minimum atomic E-state index is -1.86. The molecule has 1 aromatic heterocycles. The van der Waals surface area contributed by atoms with Gasteiger partial charge in [-0.25, -0.2) is 13.6 Å². The average Bonchev–Trinajstić information content (AvgIpc) is 3.78. The number of rotatable bonds is 32. The van der Waals surface area contributed by atoms with Gasteiger partial charge in [-0.2, -0.15) is 0 Å². The Kier molecular flexibility index (Phi) is 25.3. The number of aromatic nitrogens is 1. The third-order valence-corrected chi connectivity index (χ3v) is 12.0. The lowest BCUT2D eigenvalue weighted by molar-refractivity contribution is -0.143. The van der Waals surface area contributed by atoms with Gasteiger partial charge in [0.15, 0.2) is 0 Å². The fourth-order valence-electron chi connectivity index (χ4n) is 8.08. The van der Waals surface area contributed by atoms with E-state index in [4.69, 9.17) is 15.9 Å². The van der Waals surface area contributed by atoms with Crippen molar-refractivity contribution in [3.63, 3.8) is 0 Å². The lowest BCUT2D eigenvalue weighted by atomic mass is 9.82. The van der Waals surface area contributed by atoms with E-state index >= 15 is 4.39 Å². The SMILES string of the molecule is C[C@H](NC(=O)CNC(=O)CCC(=O)O)C(=O)N[C@@H](C)C(=O)N[C@@H](CC(N)=O)C(=O)N[C@@H](CCN(C(=O)CO)[C@@H](c1cc(-c2cc(F)ccc2F)cn1Cc1ccccc1)C(C)(C)C)C(=O)NCCC(=O)N[C@@H](CCC(=O)O)C(=O)O. The minimum Gasteiger partial charge on any atom is -0.481 e. The average molecular weight is 1130 g/mol. The number of carbonyl (C=O) groups excluding carboxylic acids is 9. The van der Waals surface area contributed by atoms with Gasteiger partial charge in [-0.3, -0.25) is 52.7 Å². The van der Waals surface area contributed by atoms with Gasteiger partial charge in [0.05, 0.1) is 25.4 Å². The van der Waals surface area contributed by atoms with Gasteiger partial charge < -0.3 is 72.8 Å². The predicted molar refractivity (Wildman–Crippen MR) is 278 cm³/mol. The molecule has 0 aliphatic heterocycles. The maximum absolute atomic E-state index is 15.4. The first-order valence-corrected chi connectivity index (χ1v) is 25.1. The van der Waals surface area contributed by atoms with E-state index in [1.807, 2.05) is 12.1 Å². The van der Waals surface area contributed by atoms with Crippen LogP contribution in [0.3, 0.4) is 0 Å². The molecule has 0 fully saturated rings. The first-order chi connectivity index (χ1) is 37.5. The standard InChI is InChI=1S/C52H68F2N10O16/c1-28(58-42(69)24-57-40(67)14-16-45(73)74)47(75)59-29(2)48(76)62-37(23-39(55)66)50(78)61-35(49(77)56-19-17-41(68)60-36(51(79)80)13-15-44(71)72)18-20-64(43(70)27-65)46(52(3,4)5)38-21-31(33-22-32(53)11-12-34(33)54)26-63(38)25-30-9-7-6-8-10-30/h6-12,21-22,26,28-29,35-37,46,65H,13-20,23-25,27H2,1-5H3,(H2,55,66)(H,56,77)(H,57,67)(H,58,69)(H,59,75)(H,60,68)(H,61,78)(H,62,76)(H,71,72)(H,73,74)(H,79,80)/t28-,29-,35-,36-,37-,46-/m0/s1. The zero-order valence-electron chi connectivity index (χ0n) is 44.6. The monoisotopic (exact) mass is 1130 g/mol. The number of nitrogens with zero attached hydrogens (tertiary/aromatic N) is 2. The highest BCUT2D eigenvalue weighted by atomic mass is 19.1. The van der Waals surface area contributed by atoms with E-state index in [9.17, 15) is 72.1 Å². The number of aliphatic hydroxyl groups is 1. The highest BCUT2D eigenvalue weighted by Crippen LogP contribution is 2.41. The van der Waals surface area contributed by atoms with Crippen molar-refractivity contribution in [2.45, 2.75) is 122 Å². The molecule has 0 unspecified atom stereocenters. The Morgan fingerprint density at radius 1 is 0.662 bits per heavy atom. The molecule has 2 aromatic carbocycles. The van der Waals surface area contributed by atoms with Crippen molar-refractivity contribution in [3.05, 3.63) is 83.7 Å². The van der Waals surface area contributed by atoms with Gasteiger partial charge in [0.1, 0.15) is 48.5 Å². The molecule has 28 heteroatoms. The number of aliphatic hydroxyl groups excluding tert-OH is 1. The number of amides is 9. The summed E-state index contributed by atoms with van der Waals surface area (Å²) < 4.78 is 31.7. The molecular formula is C52H68F2N10O16. The van der Waals surface area contributed by atoms with E-state index < -0.39 is 196 Å². The fourth-order valence-corrected chi connectivity index (χ4v) is 8.08. The van der Waals surface area contributed by atoms with Crippen LogP contribution in [0.4, 0.5) is 8.78 Å². The van der Waals surface area contributed by atoms with E-state index in [1.54, 1.807) is 55.8 Å². The molecule has 0 bridgehead atoms. The van der Waals surface area contributed by atoms with Crippen molar-refractivity contribution in [3.8, 4) is 11.1 Å². The number of carbonyl (C=O) groups is 12. The van der Waals surface area contributed by atoms with Crippen LogP contribution in [0.2, 0.25) is 0 Å². The predicted octanol–water partition coefficient (Wildman–Crippen LogP) is -0.444. The molecule has 13 N–H and O–H groups in total. The number of nitrogens with one attached hydrogen (secondary N) is 7. The molecule has 0 saturated heterocycles. The summed E-state index contributed by atoms with van der Waals surface area (Å²) in [7, 11) is 0. The van der Waals surface area contributed by atoms with E-state index in [-0.39, 0.29) is 17.7 Å². The Hall–Kier alpha value is -8.82. The Morgan fingerprint density at radius 3 is 1.89 bits per heavy atom. The highest BCUT2D eigenvalue weighted by molar-refractivity contribution is 5.97. The smallest absolute Gasteiger partial charge is 0.326 e. The van der Waals surface area contributed by atoms with Crippen LogP contribution in [0.15, 0.2) is 60.8 Å². The summed E-state index contributed by atoms with van der Waals surface area (Å²) in [6, 6.07) is 4.38. The number of hydrogen-bond donors (Lipinski definition) is 12. The summed E-state index contributed by atoms with van der Waals surface area (Å²) in [4.78, 5) is 153. The lowest BCUT2D eigenvalue weighted by Crippen LogP contribution is -2.58. The molecule has 0 spiro atoms. The molecule has 0 radical (unpaired) electrons. The van der Waals surface area contributed by atoms with Crippen LogP contribution >= 0.6 is 0 Å². The zero-order chi connectivity index (χ0) is 60.0. The molecule has 436 valence electrons. The molecule has 0 aliphatic rings. The van der Waals surface area contributed by atoms with Crippen LogP contribution in [-0.2, 0) is 64.1 Å². The number of nitrogens with two attached hydrogens (primary N) is 1. The van der Waals surface area contributed by atoms with Crippen LogP contribution < -0.4 is 43.0 Å². The van der Waals surface area contributed by atoms with Crippen molar-refractivity contribution in [1.82, 2.24) is 46.7 Å². The van der Waals surface area contributed by atoms with E-state index in [1.165, 1.54) is 18.7 Å². The second kappa shape index (κ2) is 30.9. The third-order valence-electron chi connectivity index (χ3n) is 12.0. The van der Waals surface area contributed by atoms with Crippen LogP contribution in [0.25, 0.3) is 11.1 Å². The summed E-state index contributed by atoms with van der Waals surface area (Å²) in [5, 5.41) is 53.7. The largest absolute Gasteiger partial charge is 0.481 e. The van der Waals surface area contributed by atoms with Gasteiger partial charge >= 0.3 is 17.9 Å². The first-order valence-electron chi connectivity index (χ1n) is 25.1. The van der Waals surface area contributed by atoms with Crippen LogP contribution in [0, 0.1) is 17.0 Å². The molecule has 80 heavy (non-hydrogen) atoms. The minimum absolute atomic E-state index is 0.109. The summed E-state index contributed by atoms with van der Waals surface area (Å²) in [6.07, 6.45) is -2.38. The van der Waals surface area contributed by atoms with Gasteiger partial charge in [0.25, 0.3) is 0 Å². The Balaban J connectivity index is 2.00. The van der Waals surface area contributed by atoms with Crippen molar-refractivity contribution >= 4 is 71.1 Å². The number of carboxylic acid groups (broad SMARTS) is 3. The Morgan fingerprint density at radius 2 is 1.29 bits per heavy atom. The summed E-state index contributed by atoms with van der Waals surface area (Å²) in [5.74, 6) is -14.4. The number of hydrogen-bond acceptors (Lipinski definition) is 13. The van der Waals surface area contributed by atoms with Crippen molar-refractivity contribution in [1.29, 1.82) is 0 Å². The van der Waals surface area contributed by atoms with Crippen molar-refractivity contribution in [2.24, 2.45) is 11.1 Å². The molecule has 26 nitrogen and oxygen atoms in total. The van der Waals surface area contributed by atoms with E-state index in [0.29, 0.717) is 5.69 Å². The third kappa shape index (κ3) is 21.5. The number of benzene rings is 2. The number of primary amides is 1. The quantitative estimate of drug-likeness (QED) is 0.0377. The maximum Gasteiger partial charge on any atom is 0.326 e. The van der Waals surface area contributed by atoms with Crippen LogP contribution in [0.1, 0.15) is 96.9 Å². The van der Waals surface area contributed by atoms with Gasteiger partial charge in [0.2, 0.25) is 53.2 Å². The van der Waals surface area contributed by atoms with Crippen LogP contribution in [-0.4, -0.2) is 157 Å². The molecular weight excluding hydrogens is 1060 g/mol. The number of carboxylic acids is 3. The molecule has 3 aromatic rings. The van der Waals surface area contributed by atoms with Gasteiger partial charge in [-0.05, 0) is 61.9 Å². The molecule has 0 aliphatic carbocycles. The van der Waals surface area contributed by atoms with E-state index in [0.717, 1.165) is 23.8 Å². The number of aliphatic carboxylic acids is 3. The molecule has 0 saturated carbocycles. The Bertz CT molecular complexity index is 2750. The number of halogens is 2. The molecule has 9 amide bonds. The fraction of sp³-hybridized carbons (Fsp3) is 0.462. The van der Waals surface area contributed by atoms with Crippen molar-refractivity contribution in [2.75, 3.05) is 26.2 Å². The van der Waals surface area contributed by atoms with Crippen molar-refractivity contribution < 1.29 is 86.7 Å². The van der Waals surface area contributed by atoms with Gasteiger partial charge in [0, 0.05) is 61.9 Å². The maximum atomic E-state index is 15.4. The summed E-state index contributed by atoms with van der Waals surface area (Å²) in [6.45, 7) is 5.11. The van der Waals surface area contributed by atoms with E-state index in [2.05, 4.69) is 37.2 Å². The first kappa shape index (κ1) is 65.5. The lowest BCUT2D eigenvalue weighted by Gasteiger charge is -2.41.